The van der Waals surface area contributed by atoms with E-state index in [4.69, 9.17) is 16.3 Å². The second-order valence-corrected chi connectivity index (χ2v) is 6.66. The summed E-state index contributed by atoms with van der Waals surface area (Å²) < 4.78 is 5.51. The minimum Gasteiger partial charge on any atom is -0.482 e. The van der Waals surface area contributed by atoms with E-state index in [-0.39, 0.29) is 18.6 Å². The first-order chi connectivity index (χ1) is 11.1. The SMILES string of the molecule is O=C(COc1ccccc1Cl)N1C[C@@H](O)[C@H](N2CCCCC2)C1. The van der Waals surface area contributed by atoms with E-state index in [9.17, 15) is 9.90 Å². The highest BCUT2D eigenvalue weighted by molar-refractivity contribution is 6.32. The molecule has 0 radical (unpaired) electrons. The fraction of sp³-hybridized carbons (Fsp3) is 0.588. The number of hydrogen-bond acceptors (Lipinski definition) is 4. The summed E-state index contributed by atoms with van der Waals surface area (Å²) in [4.78, 5) is 16.3. The number of piperidine rings is 1. The second-order valence-electron chi connectivity index (χ2n) is 6.25. The predicted molar refractivity (Wildman–Crippen MR) is 88.7 cm³/mol. The van der Waals surface area contributed by atoms with Crippen molar-refractivity contribution >= 4 is 17.5 Å². The molecule has 0 aromatic heterocycles. The molecular formula is C17H23ClN2O3. The standard InChI is InChI=1S/C17H23ClN2O3/c18-13-6-2-3-7-16(13)23-12-17(22)20-10-14(15(21)11-20)19-8-4-1-5-9-19/h2-3,6-7,14-15,21H,1,4-5,8-12H2/t14-,15-/m1/s1. The van der Waals surface area contributed by atoms with Gasteiger partial charge in [0.25, 0.3) is 5.91 Å². The largest absolute Gasteiger partial charge is 0.482 e. The number of hydrogen-bond donors (Lipinski definition) is 1. The summed E-state index contributed by atoms with van der Waals surface area (Å²) in [5, 5.41) is 10.8. The van der Waals surface area contributed by atoms with Gasteiger partial charge in [-0.15, -0.1) is 0 Å². The molecule has 126 valence electrons. The maximum Gasteiger partial charge on any atom is 0.260 e. The van der Waals surface area contributed by atoms with Gasteiger partial charge in [0, 0.05) is 13.1 Å². The molecule has 0 saturated carbocycles. The Labute approximate surface area is 141 Å². The predicted octanol–water partition coefficient (Wildman–Crippen LogP) is 1.78. The molecule has 0 bridgehead atoms. The van der Waals surface area contributed by atoms with Gasteiger partial charge in [0.05, 0.1) is 17.2 Å². The number of β-amino-alcohol motifs (C(OH)–C–C–N with tert-alkyl or cyclic N) is 1. The van der Waals surface area contributed by atoms with Crippen LogP contribution in [0.3, 0.4) is 0 Å². The Morgan fingerprint density at radius 1 is 1.22 bits per heavy atom. The summed E-state index contributed by atoms with van der Waals surface area (Å²) >= 11 is 6.02. The number of likely N-dealkylation sites (tertiary alicyclic amines) is 2. The summed E-state index contributed by atoms with van der Waals surface area (Å²) in [7, 11) is 0. The number of carbonyl (C=O) groups excluding carboxylic acids is 1. The third-order valence-corrected chi connectivity index (χ3v) is 4.97. The summed E-state index contributed by atoms with van der Waals surface area (Å²) in [5.74, 6) is 0.401. The third-order valence-electron chi connectivity index (χ3n) is 4.66. The molecule has 6 heteroatoms. The number of halogens is 1. The minimum absolute atomic E-state index is 0.0524. The van der Waals surface area contributed by atoms with Crippen LogP contribution in [-0.4, -0.2) is 65.7 Å². The normalized spacial score (nSPS) is 25.6. The zero-order valence-electron chi connectivity index (χ0n) is 13.2. The Morgan fingerprint density at radius 2 is 1.96 bits per heavy atom. The second kappa shape index (κ2) is 7.51. The van der Waals surface area contributed by atoms with Gasteiger partial charge >= 0.3 is 0 Å². The van der Waals surface area contributed by atoms with E-state index in [0.717, 1.165) is 13.1 Å². The molecule has 1 aromatic carbocycles. The number of amides is 1. The van der Waals surface area contributed by atoms with E-state index in [2.05, 4.69) is 4.90 Å². The van der Waals surface area contributed by atoms with Crippen LogP contribution in [0, 0.1) is 0 Å². The van der Waals surface area contributed by atoms with Crippen LogP contribution in [0.4, 0.5) is 0 Å². The Hall–Kier alpha value is -1.30. The first-order valence-corrected chi connectivity index (χ1v) is 8.60. The van der Waals surface area contributed by atoms with Gasteiger partial charge in [-0.3, -0.25) is 9.69 Å². The molecule has 0 spiro atoms. The maximum atomic E-state index is 12.3. The Bertz CT molecular complexity index is 548. The molecule has 0 unspecified atom stereocenters. The highest BCUT2D eigenvalue weighted by atomic mass is 35.5. The molecule has 2 saturated heterocycles. The van der Waals surface area contributed by atoms with Gasteiger partial charge in [0.2, 0.25) is 0 Å². The zero-order valence-corrected chi connectivity index (χ0v) is 13.9. The molecule has 1 aromatic rings. The summed E-state index contributed by atoms with van der Waals surface area (Å²) in [6.45, 7) is 2.93. The molecular weight excluding hydrogens is 316 g/mol. The Balaban J connectivity index is 1.53. The quantitative estimate of drug-likeness (QED) is 0.909. The molecule has 0 aliphatic carbocycles. The lowest BCUT2D eigenvalue weighted by Crippen LogP contribution is -2.46. The van der Waals surface area contributed by atoms with Crippen LogP contribution in [0.1, 0.15) is 19.3 Å². The molecule has 2 atom stereocenters. The van der Waals surface area contributed by atoms with Gasteiger partial charge in [-0.1, -0.05) is 30.2 Å². The molecule has 23 heavy (non-hydrogen) atoms. The van der Waals surface area contributed by atoms with Gasteiger partial charge in [0.15, 0.2) is 6.61 Å². The van der Waals surface area contributed by atoms with Gasteiger partial charge in [-0.25, -0.2) is 0 Å². The van der Waals surface area contributed by atoms with Crippen molar-refractivity contribution in [1.29, 1.82) is 0 Å². The van der Waals surface area contributed by atoms with Crippen molar-refractivity contribution in [3.8, 4) is 5.75 Å². The van der Waals surface area contributed by atoms with Gasteiger partial charge in [-0.05, 0) is 38.1 Å². The first kappa shape index (κ1) is 16.6. The van der Waals surface area contributed by atoms with Crippen LogP contribution >= 0.6 is 11.6 Å². The fourth-order valence-corrected chi connectivity index (χ4v) is 3.56. The van der Waals surface area contributed by atoms with Crippen LogP contribution in [0.25, 0.3) is 0 Å². The lowest BCUT2D eigenvalue weighted by molar-refractivity contribution is -0.132. The zero-order chi connectivity index (χ0) is 16.2. The van der Waals surface area contributed by atoms with E-state index in [1.807, 2.05) is 12.1 Å². The van der Waals surface area contributed by atoms with E-state index >= 15 is 0 Å². The van der Waals surface area contributed by atoms with Gasteiger partial charge < -0.3 is 14.7 Å². The molecule has 5 nitrogen and oxygen atoms in total. The van der Waals surface area contributed by atoms with Crippen molar-refractivity contribution in [2.45, 2.75) is 31.4 Å². The lowest BCUT2D eigenvalue weighted by Gasteiger charge is -2.33. The third kappa shape index (κ3) is 3.97. The molecule has 3 rings (SSSR count). The van der Waals surface area contributed by atoms with Gasteiger partial charge in [0.1, 0.15) is 5.75 Å². The Morgan fingerprint density at radius 3 is 2.70 bits per heavy atom. The fourth-order valence-electron chi connectivity index (χ4n) is 3.37. The number of carbonyl (C=O) groups is 1. The van der Waals surface area contributed by atoms with Crippen LogP contribution in [0.5, 0.6) is 5.75 Å². The molecule has 2 fully saturated rings. The summed E-state index contributed by atoms with van der Waals surface area (Å²) in [6, 6.07) is 7.16. The van der Waals surface area contributed by atoms with E-state index < -0.39 is 6.10 Å². The van der Waals surface area contributed by atoms with Crippen LogP contribution in [0.2, 0.25) is 5.02 Å². The molecule has 2 heterocycles. The van der Waals surface area contributed by atoms with Crippen molar-refractivity contribution in [2.24, 2.45) is 0 Å². The smallest absolute Gasteiger partial charge is 0.260 e. The van der Waals surface area contributed by atoms with E-state index in [1.165, 1.54) is 19.3 Å². The highest BCUT2D eigenvalue weighted by Crippen LogP contribution is 2.24. The highest BCUT2D eigenvalue weighted by Gasteiger charge is 2.37. The number of ether oxygens (including phenoxy) is 1. The number of nitrogens with zero attached hydrogens (tertiary/aromatic N) is 2. The van der Waals surface area contributed by atoms with Crippen molar-refractivity contribution in [3.05, 3.63) is 29.3 Å². The van der Waals surface area contributed by atoms with Crippen LogP contribution in [0.15, 0.2) is 24.3 Å². The summed E-state index contributed by atoms with van der Waals surface area (Å²) in [6.07, 6.45) is 3.13. The molecule has 2 aliphatic heterocycles. The molecule has 1 amide bonds. The van der Waals surface area contributed by atoms with Gasteiger partial charge in [-0.2, -0.15) is 0 Å². The van der Waals surface area contributed by atoms with Crippen LogP contribution < -0.4 is 4.74 Å². The monoisotopic (exact) mass is 338 g/mol. The number of para-hydroxylation sites is 1. The van der Waals surface area contributed by atoms with Crippen molar-refractivity contribution < 1.29 is 14.6 Å². The van der Waals surface area contributed by atoms with E-state index in [1.54, 1.807) is 17.0 Å². The average molecular weight is 339 g/mol. The van der Waals surface area contributed by atoms with E-state index in [0.29, 0.717) is 23.9 Å². The Kier molecular flexibility index (Phi) is 5.41. The number of aliphatic hydroxyl groups is 1. The number of rotatable bonds is 4. The first-order valence-electron chi connectivity index (χ1n) is 8.22. The lowest BCUT2D eigenvalue weighted by atomic mass is 10.1. The van der Waals surface area contributed by atoms with Crippen molar-refractivity contribution in [3.63, 3.8) is 0 Å². The topological polar surface area (TPSA) is 53.0 Å². The molecule has 2 aliphatic rings. The van der Waals surface area contributed by atoms with Crippen LogP contribution in [-0.2, 0) is 4.79 Å². The van der Waals surface area contributed by atoms with Crippen molar-refractivity contribution in [2.75, 3.05) is 32.8 Å². The maximum absolute atomic E-state index is 12.3. The number of aliphatic hydroxyl groups excluding tert-OH is 1. The summed E-state index contributed by atoms with van der Waals surface area (Å²) in [5.41, 5.74) is 0. The molecule has 1 N–H and O–H groups in total. The van der Waals surface area contributed by atoms with Crippen molar-refractivity contribution in [1.82, 2.24) is 9.80 Å². The average Bonchev–Trinajstić information content (AvgIpc) is 2.96. The minimum atomic E-state index is -0.475. The number of benzene rings is 1.